The van der Waals surface area contributed by atoms with Crippen molar-refractivity contribution >= 4 is 11.8 Å². The standard InChI is InChI=1S/C11H20N4O3/c12-8(10(13)16)5-15-3-4-18-6-9(15)11(17)14-7-1-2-7/h7-9H,1-6,12H2,(H2,13,16)(H,14,17). The molecule has 0 aromatic heterocycles. The summed E-state index contributed by atoms with van der Waals surface area (Å²) in [7, 11) is 0. The molecule has 0 aromatic rings. The van der Waals surface area contributed by atoms with Gasteiger partial charge < -0.3 is 21.5 Å². The van der Waals surface area contributed by atoms with E-state index in [4.69, 9.17) is 16.2 Å². The van der Waals surface area contributed by atoms with E-state index in [1.807, 2.05) is 4.90 Å². The predicted molar refractivity (Wildman–Crippen MR) is 64.5 cm³/mol. The smallest absolute Gasteiger partial charge is 0.239 e. The molecule has 0 radical (unpaired) electrons. The normalized spacial score (nSPS) is 26.6. The van der Waals surface area contributed by atoms with E-state index in [0.29, 0.717) is 32.3 Å². The van der Waals surface area contributed by atoms with Crippen molar-refractivity contribution in [1.82, 2.24) is 10.2 Å². The minimum atomic E-state index is -0.751. The van der Waals surface area contributed by atoms with E-state index < -0.39 is 11.9 Å². The highest BCUT2D eigenvalue weighted by Gasteiger charge is 2.34. The molecule has 1 aliphatic carbocycles. The number of hydrogen-bond donors (Lipinski definition) is 3. The van der Waals surface area contributed by atoms with Gasteiger partial charge in [-0.05, 0) is 12.8 Å². The van der Waals surface area contributed by atoms with E-state index in [-0.39, 0.29) is 11.9 Å². The van der Waals surface area contributed by atoms with Crippen molar-refractivity contribution < 1.29 is 14.3 Å². The van der Waals surface area contributed by atoms with Crippen molar-refractivity contribution in [2.45, 2.75) is 31.0 Å². The van der Waals surface area contributed by atoms with Crippen LogP contribution >= 0.6 is 0 Å². The monoisotopic (exact) mass is 256 g/mol. The van der Waals surface area contributed by atoms with Crippen molar-refractivity contribution in [3.63, 3.8) is 0 Å². The second-order valence-corrected chi connectivity index (χ2v) is 4.88. The van der Waals surface area contributed by atoms with Crippen LogP contribution in [-0.2, 0) is 14.3 Å². The molecule has 2 amide bonds. The van der Waals surface area contributed by atoms with Gasteiger partial charge in [-0.1, -0.05) is 0 Å². The summed E-state index contributed by atoms with van der Waals surface area (Å²) in [5.41, 5.74) is 10.8. The zero-order chi connectivity index (χ0) is 13.1. The largest absolute Gasteiger partial charge is 0.378 e. The van der Waals surface area contributed by atoms with Gasteiger partial charge in [0, 0.05) is 19.1 Å². The molecule has 2 unspecified atom stereocenters. The molecule has 7 heteroatoms. The Balaban J connectivity index is 1.91. The summed E-state index contributed by atoms with van der Waals surface area (Å²) in [4.78, 5) is 24.9. The van der Waals surface area contributed by atoms with Crippen LogP contribution in [0.5, 0.6) is 0 Å². The Morgan fingerprint density at radius 3 is 2.78 bits per heavy atom. The molecule has 1 aliphatic heterocycles. The van der Waals surface area contributed by atoms with Gasteiger partial charge in [0.15, 0.2) is 0 Å². The first-order chi connectivity index (χ1) is 8.58. The number of carbonyl (C=O) groups excluding carboxylic acids is 2. The van der Waals surface area contributed by atoms with Gasteiger partial charge in [-0.15, -0.1) is 0 Å². The molecule has 18 heavy (non-hydrogen) atoms. The Morgan fingerprint density at radius 2 is 2.17 bits per heavy atom. The number of nitrogens with one attached hydrogen (secondary N) is 1. The fraction of sp³-hybridized carbons (Fsp3) is 0.818. The number of carbonyl (C=O) groups is 2. The van der Waals surface area contributed by atoms with Gasteiger partial charge in [0.2, 0.25) is 11.8 Å². The first-order valence-corrected chi connectivity index (χ1v) is 6.25. The van der Waals surface area contributed by atoms with Crippen LogP contribution in [0.1, 0.15) is 12.8 Å². The summed E-state index contributed by atoms with van der Waals surface area (Å²) in [6.45, 7) is 1.76. The molecule has 1 heterocycles. The molecule has 0 bridgehead atoms. The van der Waals surface area contributed by atoms with Gasteiger partial charge in [-0.2, -0.15) is 0 Å². The van der Waals surface area contributed by atoms with Crippen LogP contribution in [0.15, 0.2) is 0 Å². The summed E-state index contributed by atoms with van der Waals surface area (Å²) in [6, 6.07) is -0.810. The van der Waals surface area contributed by atoms with Gasteiger partial charge in [-0.3, -0.25) is 14.5 Å². The van der Waals surface area contributed by atoms with E-state index in [1.165, 1.54) is 0 Å². The molecule has 2 atom stereocenters. The molecule has 1 saturated carbocycles. The average molecular weight is 256 g/mol. The van der Waals surface area contributed by atoms with E-state index in [1.54, 1.807) is 0 Å². The second kappa shape index (κ2) is 5.64. The topological polar surface area (TPSA) is 111 Å². The Labute approximate surface area is 106 Å². The van der Waals surface area contributed by atoms with Crippen LogP contribution in [0.25, 0.3) is 0 Å². The molecule has 5 N–H and O–H groups in total. The number of nitrogens with two attached hydrogens (primary N) is 2. The lowest BCUT2D eigenvalue weighted by Crippen LogP contribution is -2.58. The van der Waals surface area contributed by atoms with Crippen LogP contribution < -0.4 is 16.8 Å². The zero-order valence-corrected chi connectivity index (χ0v) is 10.3. The van der Waals surface area contributed by atoms with E-state index in [9.17, 15) is 9.59 Å². The maximum atomic E-state index is 12.0. The third kappa shape index (κ3) is 3.41. The zero-order valence-electron chi connectivity index (χ0n) is 10.3. The van der Waals surface area contributed by atoms with Crippen LogP contribution in [-0.4, -0.2) is 61.1 Å². The highest BCUT2D eigenvalue weighted by molar-refractivity contribution is 5.83. The van der Waals surface area contributed by atoms with E-state index in [0.717, 1.165) is 12.8 Å². The summed E-state index contributed by atoms with van der Waals surface area (Å²) in [5, 5.41) is 2.94. The van der Waals surface area contributed by atoms with Gasteiger partial charge in [-0.25, -0.2) is 0 Å². The van der Waals surface area contributed by atoms with Crippen molar-refractivity contribution in [2.75, 3.05) is 26.3 Å². The highest BCUT2D eigenvalue weighted by atomic mass is 16.5. The molecule has 2 aliphatic rings. The first kappa shape index (κ1) is 13.3. The third-order valence-electron chi connectivity index (χ3n) is 3.26. The van der Waals surface area contributed by atoms with Crippen molar-refractivity contribution in [2.24, 2.45) is 11.5 Å². The maximum Gasteiger partial charge on any atom is 0.239 e. The molecule has 2 fully saturated rings. The molecule has 7 nitrogen and oxygen atoms in total. The van der Waals surface area contributed by atoms with Crippen molar-refractivity contribution in [1.29, 1.82) is 0 Å². The number of nitrogens with zero attached hydrogens (tertiary/aromatic N) is 1. The Bertz CT molecular complexity index is 332. The van der Waals surface area contributed by atoms with Gasteiger partial charge in [0.1, 0.15) is 6.04 Å². The van der Waals surface area contributed by atoms with Gasteiger partial charge >= 0.3 is 0 Å². The van der Waals surface area contributed by atoms with Crippen molar-refractivity contribution in [3.05, 3.63) is 0 Å². The second-order valence-electron chi connectivity index (χ2n) is 4.88. The number of rotatable bonds is 5. The Morgan fingerprint density at radius 1 is 1.44 bits per heavy atom. The molecule has 1 saturated heterocycles. The summed E-state index contributed by atoms with van der Waals surface area (Å²) in [5.74, 6) is -0.600. The quantitative estimate of drug-likeness (QED) is 0.516. The summed E-state index contributed by atoms with van der Waals surface area (Å²) >= 11 is 0. The predicted octanol–water partition coefficient (Wildman–Crippen LogP) is -2.22. The third-order valence-corrected chi connectivity index (χ3v) is 3.26. The number of amides is 2. The summed E-state index contributed by atoms with van der Waals surface area (Å²) < 4.78 is 5.32. The van der Waals surface area contributed by atoms with Gasteiger partial charge in [0.05, 0.1) is 19.3 Å². The van der Waals surface area contributed by atoms with Crippen LogP contribution in [0, 0.1) is 0 Å². The maximum absolute atomic E-state index is 12.0. The molecule has 2 rings (SSSR count). The lowest BCUT2D eigenvalue weighted by Gasteiger charge is -2.35. The van der Waals surface area contributed by atoms with Crippen molar-refractivity contribution in [3.8, 4) is 0 Å². The molecular formula is C11H20N4O3. The minimum Gasteiger partial charge on any atom is -0.378 e. The van der Waals surface area contributed by atoms with Crippen LogP contribution in [0.2, 0.25) is 0 Å². The van der Waals surface area contributed by atoms with Crippen LogP contribution in [0.3, 0.4) is 0 Å². The average Bonchev–Trinajstić information content (AvgIpc) is 3.13. The SMILES string of the molecule is NC(=O)C(N)CN1CCOCC1C(=O)NC1CC1. The number of primary amides is 1. The molecular weight excluding hydrogens is 236 g/mol. The van der Waals surface area contributed by atoms with E-state index in [2.05, 4.69) is 5.32 Å². The van der Waals surface area contributed by atoms with Crippen LogP contribution in [0.4, 0.5) is 0 Å². The lowest BCUT2D eigenvalue weighted by atomic mass is 10.1. The Hall–Kier alpha value is -1.18. The number of morpholine rings is 1. The van der Waals surface area contributed by atoms with E-state index >= 15 is 0 Å². The highest BCUT2D eigenvalue weighted by Crippen LogP contribution is 2.19. The molecule has 102 valence electrons. The number of ether oxygens (including phenoxy) is 1. The minimum absolute atomic E-state index is 0.0473. The summed E-state index contributed by atoms with van der Waals surface area (Å²) in [6.07, 6.45) is 2.08. The number of hydrogen-bond acceptors (Lipinski definition) is 5. The first-order valence-electron chi connectivity index (χ1n) is 6.25. The molecule has 0 aromatic carbocycles. The fourth-order valence-corrected chi connectivity index (χ4v) is 1.97. The Kier molecular flexibility index (Phi) is 4.15. The fourth-order valence-electron chi connectivity index (χ4n) is 1.97. The molecule has 0 spiro atoms. The lowest BCUT2D eigenvalue weighted by molar-refractivity contribution is -0.134. The van der Waals surface area contributed by atoms with Gasteiger partial charge in [0.25, 0.3) is 0 Å².